The molecule has 7 rings (SSSR count). The van der Waals surface area contributed by atoms with Crippen molar-refractivity contribution in [3.8, 4) is 0 Å². The van der Waals surface area contributed by atoms with Gasteiger partial charge in [0.25, 0.3) is 0 Å². The van der Waals surface area contributed by atoms with E-state index in [2.05, 4.69) is 30.6 Å². The van der Waals surface area contributed by atoms with Gasteiger partial charge in [0, 0.05) is 51.1 Å². The Balaban J connectivity index is 0.964. The Kier molecular flexibility index (Phi) is 9.26. The van der Waals surface area contributed by atoms with Crippen molar-refractivity contribution in [2.24, 2.45) is 7.05 Å². The number of anilines is 2. The molecule has 2 aromatic carbocycles. The first kappa shape index (κ1) is 33.3. The first-order chi connectivity index (χ1) is 23.6. The number of aromatic nitrogens is 4. The Bertz CT molecular complexity index is 1990. The lowest BCUT2D eigenvalue weighted by molar-refractivity contribution is -0.120. The molecule has 3 amide bonds. The zero-order valence-electron chi connectivity index (χ0n) is 27.0. The number of fused-ring (bicyclic) bond motifs is 1. The van der Waals surface area contributed by atoms with Gasteiger partial charge < -0.3 is 5.32 Å². The molecule has 3 fully saturated rings. The number of likely N-dealkylation sites (tertiary alicyclic amines) is 1. The summed E-state index contributed by atoms with van der Waals surface area (Å²) in [7, 11) is -2.01. The molecule has 3 aliphatic rings. The summed E-state index contributed by atoms with van der Waals surface area (Å²) < 4.78 is 46.2. The summed E-state index contributed by atoms with van der Waals surface area (Å²) in [6.07, 6.45) is 5.95. The van der Waals surface area contributed by atoms with Crippen molar-refractivity contribution in [1.82, 2.24) is 34.3 Å². The van der Waals surface area contributed by atoms with E-state index in [0.29, 0.717) is 65.7 Å². The summed E-state index contributed by atoms with van der Waals surface area (Å²) in [5.74, 6) is 0.122. The molecule has 0 bridgehead atoms. The highest BCUT2D eigenvalue weighted by Gasteiger charge is 2.32. The van der Waals surface area contributed by atoms with E-state index in [0.717, 1.165) is 31.5 Å². The molecule has 3 aliphatic heterocycles. The van der Waals surface area contributed by atoms with Crippen LogP contribution in [-0.4, -0.2) is 88.1 Å². The van der Waals surface area contributed by atoms with E-state index in [1.807, 2.05) is 12.1 Å². The van der Waals surface area contributed by atoms with Crippen LogP contribution in [0.3, 0.4) is 0 Å². The third-order valence-corrected chi connectivity index (χ3v) is 11.7. The van der Waals surface area contributed by atoms with Crippen molar-refractivity contribution < 1.29 is 22.4 Å². The second-order valence-corrected chi connectivity index (χ2v) is 15.2. The minimum Gasteiger partial charge on any atom is -0.351 e. The van der Waals surface area contributed by atoms with Crippen molar-refractivity contribution in [2.45, 2.75) is 55.5 Å². The van der Waals surface area contributed by atoms with Crippen LogP contribution in [0.15, 0.2) is 53.7 Å². The first-order valence-corrected chi connectivity index (χ1v) is 18.2. The maximum atomic E-state index is 16.0. The van der Waals surface area contributed by atoms with Gasteiger partial charge in [0.05, 0.1) is 22.3 Å². The monoisotopic (exact) mass is 709 g/mol. The fourth-order valence-electron chi connectivity index (χ4n) is 7.03. The number of urea groups is 1. The highest BCUT2D eigenvalue weighted by atomic mass is 35.5. The highest BCUT2D eigenvalue weighted by molar-refractivity contribution is 7.89. The zero-order valence-corrected chi connectivity index (χ0v) is 28.6. The fraction of sp³-hybridized carbons (Fsp3) is 0.424. The summed E-state index contributed by atoms with van der Waals surface area (Å²) in [6.45, 7) is 3.03. The second kappa shape index (κ2) is 13.6. The molecular formula is C33H37ClFN9O4S. The number of carbonyl (C=O) groups is 2. The number of nitrogens with one attached hydrogen (secondary N) is 2. The molecule has 0 spiro atoms. The molecule has 5 heterocycles. The minimum absolute atomic E-state index is 0.00490. The van der Waals surface area contributed by atoms with Gasteiger partial charge in [-0.1, -0.05) is 29.8 Å². The lowest BCUT2D eigenvalue weighted by Gasteiger charge is -2.33. The summed E-state index contributed by atoms with van der Waals surface area (Å²) in [4.78, 5) is 36.3. The summed E-state index contributed by atoms with van der Waals surface area (Å²) in [5.41, 5.74) is 1.86. The van der Waals surface area contributed by atoms with E-state index < -0.39 is 16.1 Å². The van der Waals surface area contributed by atoms with Crippen LogP contribution in [0.25, 0.3) is 10.9 Å². The van der Waals surface area contributed by atoms with Gasteiger partial charge in [-0.25, -0.2) is 27.6 Å². The summed E-state index contributed by atoms with van der Waals surface area (Å²) in [5, 5.41) is 11.0. The quantitative estimate of drug-likeness (QED) is 0.274. The number of benzene rings is 2. The number of carbonyl (C=O) groups excluding carboxylic acids is 2. The number of hydrogen-bond acceptors (Lipinski definition) is 9. The predicted octanol–water partition coefficient (Wildman–Crippen LogP) is 4.25. The fourth-order valence-corrected chi connectivity index (χ4v) is 8.67. The van der Waals surface area contributed by atoms with Crippen molar-refractivity contribution in [3.63, 3.8) is 0 Å². The molecule has 0 atom stereocenters. The van der Waals surface area contributed by atoms with Crippen molar-refractivity contribution in [2.75, 3.05) is 42.9 Å². The molecule has 0 saturated carbocycles. The highest BCUT2D eigenvalue weighted by Crippen LogP contribution is 2.36. The molecule has 13 nitrogen and oxygen atoms in total. The number of sulfonamides is 1. The number of imide groups is 1. The number of nitrogens with zero attached hydrogens (tertiary/aromatic N) is 7. The Morgan fingerprint density at radius 3 is 2.45 bits per heavy atom. The second-order valence-electron chi connectivity index (χ2n) is 12.8. The smallest absolute Gasteiger partial charge is 0.329 e. The number of hydrogen-bond donors (Lipinski definition) is 2. The van der Waals surface area contributed by atoms with Gasteiger partial charge in [-0.2, -0.15) is 9.40 Å². The van der Waals surface area contributed by atoms with E-state index >= 15 is 4.39 Å². The van der Waals surface area contributed by atoms with E-state index in [-0.39, 0.29) is 41.5 Å². The first-order valence-electron chi connectivity index (χ1n) is 16.4. The van der Waals surface area contributed by atoms with Crippen LogP contribution in [-0.2, 0) is 28.4 Å². The molecule has 0 aliphatic carbocycles. The van der Waals surface area contributed by atoms with Crippen LogP contribution in [0.5, 0.6) is 0 Å². The third-order valence-electron chi connectivity index (χ3n) is 9.64. The van der Waals surface area contributed by atoms with Gasteiger partial charge >= 0.3 is 6.03 Å². The predicted molar refractivity (Wildman–Crippen MR) is 182 cm³/mol. The number of rotatable bonds is 8. The van der Waals surface area contributed by atoms with Crippen LogP contribution in [0.2, 0.25) is 5.02 Å². The average Bonchev–Trinajstić information content (AvgIpc) is 3.43. The number of amides is 3. The van der Waals surface area contributed by atoms with Crippen LogP contribution in [0.4, 0.5) is 21.0 Å². The van der Waals surface area contributed by atoms with E-state index in [4.69, 9.17) is 11.6 Å². The molecule has 3 saturated heterocycles. The minimum atomic E-state index is -3.66. The average molecular weight is 710 g/mol. The number of aryl methyl sites for hydroxylation is 1. The van der Waals surface area contributed by atoms with E-state index in [1.54, 1.807) is 31.3 Å². The maximum Gasteiger partial charge on any atom is 0.329 e. The lowest BCUT2D eigenvalue weighted by atomic mass is 9.88. The van der Waals surface area contributed by atoms with Crippen LogP contribution in [0.1, 0.15) is 49.1 Å². The van der Waals surface area contributed by atoms with Crippen LogP contribution < -0.4 is 15.5 Å². The molecule has 258 valence electrons. The van der Waals surface area contributed by atoms with Gasteiger partial charge in [0.15, 0.2) is 11.6 Å². The van der Waals surface area contributed by atoms with Crippen LogP contribution in [0, 0.1) is 5.82 Å². The third kappa shape index (κ3) is 6.84. The van der Waals surface area contributed by atoms with Gasteiger partial charge in [-0.3, -0.25) is 24.6 Å². The van der Waals surface area contributed by atoms with Crippen molar-refractivity contribution >= 4 is 56.2 Å². The van der Waals surface area contributed by atoms with E-state index in [1.165, 1.54) is 26.3 Å². The van der Waals surface area contributed by atoms with Crippen LogP contribution >= 0.6 is 11.6 Å². The molecular weight excluding hydrogens is 673 g/mol. The Morgan fingerprint density at radius 2 is 1.73 bits per heavy atom. The SMILES string of the molecule is Cn1nc(N2CCC(=O)NC2=O)c2ccc(C3CCN(Cc4cccc(S(=O)(=O)N5CCC(Nc6ncc(Cl)cn6)CC5)c4)CC3)c(F)c21. The van der Waals surface area contributed by atoms with Gasteiger partial charge in [-0.15, -0.1) is 0 Å². The Labute approximate surface area is 288 Å². The lowest BCUT2D eigenvalue weighted by Crippen LogP contribution is -2.49. The Hall–Kier alpha value is -4.18. The molecule has 4 aromatic rings. The Morgan fingerprint density at radius 1 is 1.00 bits per heavy atom. The largest absolute Gasteiger partial charge is 0.351 e. The van der Waals surface area contributed by atoms with Gasteiger partial charge in [-0.05, 0) is 74.0 Å². The summed E-state index contributed by atoms with van der Waals surface area (Å²) >= 11 is 5.87. The van der Waals surface area contributed by atoms with Gasteiger partial charge in [0.1, 0.15) is 5.52 Å². The molecule has 16 heteroatoms. The number of halogens is 2. The maximum absolute atomic E-state index is 16.0. The zero-order chi connectivity index (χ0) is 34.3. The van der Waals surface area contributed by atoms with E-state index in [9.17, 15) is 18.0 Å². The molecule has 49 heavy (non-hydrogen) atoms. The molecule has 2 aromatic heterocycles. The summed E-state index contributed by atoms with van der Waals surface area (Å²) in [6, 6.07) is 10.3. The van der Waals surface area contributed by atoms with Crippen molar-refractivity contribution in [3.05, 3.63) is 70.8 Å². The number of piperidine rings is 2. The van der Waals surface area contributed by atoms with Crippen molar-refractivity contribution in [1.29, 1.82) is 0 Å². The molecule has 2 N–H and O–H groups in total. The molecule has 0 unspecified atom stereocenters. The standard InChI is InChI=1S/C33H37ClFN9O4S/c1-41-30-27(31(40-41)44-16-11-28(45)39-33(44)46)6-5-26(29(30)35)22-7-12-42(13-8-22)20-21-3-2-4-25(17-21)49(47,48)43-14-9-24(10-15-43)38-32-36-18-23(34)19-37-32/h2-6,17-19,22,24H,7-16,20H2,1H3,(H,36,37,38)(H,39,45,46). The molecule has 0 radical (unpaired) electrons. The van der Waals surface area contributed by atoms with Gasteiger partial charge in [0.2, 0.25) is 21.9 Å². The normalized spacial score (nSPS) is 19.0. The topological polar surface area (TPSA) is 146 Å².